The first-order chi connectivity index (χ1) is 5.45. The van der Waals surface area contributed by atoms with Gasteiger partial charge in [-0.15, -0.1) is 0 Å². The lowest BCUT2D eigenvalue weighted by atomic mass is 10.2. The fraction of sp³-hybridized carbons (Fsp3) is 1.00. The quantitative estimate of drug-likeness (QED) is 0.301. The van der Waals surface area contributed by atoms with E-state index in [0.717, 1.165) is 19.3 Å². The molecule has 0 heterocycles. The summed E-state index contributed by atoms with van der Waals surface area (Å²) in [5, 5.41) is -0.508. The molecular formula is C6H15NO3S2. The van der Waals surface area contributed by atoms with Crippen molar-refractivity contribution in [3.05, 3.63) is 0 Å². The molecule has 0 aliphatic rings. The van der Waals surface area contributed by atoms with E-state index < -0.39 is 14.5 Å². The van der Waals surface area contributed by atoms with Gasteiger partial charge in [-0.1, -0.05) is 26.2 Å². The van der Waals surface area contributed by atoms with Crippen LogP contribution in [0.5, 0.6) is 0 Å². The Labute approximate surface area is 77.1 Å². The van der Waals surface area contributed by atoms with Crippen LogP contribution in [0.4, 0.5) is 0 Å². The normalized spacial score (nSPS) is 14.6. The molecule has 74 valence electrons. The van der Waals surface area contributed by atoms with Gasteiger partial charge < -0.3 is 5.73 Å². The zero-order chi connectivity index (χ0) is 9.61. The minimum atomic E-state index is -3.97. The fourth-order valence-electron chi connectivity index (χ4n) is 0.800. The van der Waals surface area contributed by atoms with Gasteiger partial charge in [0.15, 0.2) is 0 Å². The maximum atomic E-state index is 10.3. The summed E-state index contributed by atoms with van der Waals surface area (Å²) in [6.45, 7) is 2.06. The van der Waals surface area contributed by atoms with Crippen LogP contribution >= 0.6 is 10.8 Å². The van der Waals surface area contributed by atoms with Crippen LogP contribution in [0.25, 0.3) is 0 Å². The summed E-state index contributed by atoms with van der Waals surface area (Å²) in [6.07, 6.45) is 3.64. The van der Waals surface area contributed by atoms with Crippen LogP contribution < -0.4 is 5.73 Å². The lowest BCUT2D eigenvalue weighted by Crippen LogP contribution is -2.17. The topological polar surface area (TPSA) is 80.4 Å². The Morgan fingerprint density at radius 2 is 2.08 bits per heavy atom. The molecule has 0 aromatic heterocycles. The minimum Gasteiger partial charge on any atom is -0.318 e. The van der Waals surface area contributed by atoms with Gasteiger partial charge in [0.2, 0.25) is 0 Å². The van der Waals surface area contributed by atoms with Crippen molar-refractivity contribution in [3.8, 4) is 0 Å². The summed E-state index contributed by atoms with van der Waals surface area (Å²) in [5.74, 6) is 0. The van der Waals surface area contributed by atoms with Crippen molar-refractivity contribution in [1.29, 1.82) is 0 Å². The van der Waals surface area contributed by atoms with Crippen molar-refractivity contribution in [2.24, 2.45) is 5.73 Å². The molecule has 3 N–H and O–H groups in total. The van der Waals surface area contributed by atoms with Crippen molar-refractivity contribution in [2.45, 2.75) is 38.0 Å². The van der Waals surface area contributed by atoms with Crippen molar-refractivity contribution < 1.29 is 13.0 Å². The van der Waals surface area contributed by atoms with E-state index in [1.54, 1.807) is 0 Å². The molecule has 4 nitrogen and oxygen atoms in total. The minimum absolute atomic E-state index is 0.413. The predicted octanol–water partition coefficient (Wildman–Crippen LogP) is 1.39. The summed E-state index contributed by atoms with van der Waals surface area (Å²) in [6, 6.07) is 0. The Bertz CT molecular complexity index is 203. The van der Waals surface area contributed by atoms with Gasteiger partial charge in [-0.25, -0.2) is 0 Å². The van der Waals surface area contributed by atoms with E-state index in [9.17, 15) is 8.42 Å². The third-order valence-corrected chi connectivity index (χ3v) is 3.53. The molecule has 1 unspecified atom stereocenters. The average Bonchev–Trinajstić information content (AvgIpc) is 1.84. The Morgan fingerprint density at radius 1 is 1.50 bits per heavy atom. The van der Waals surface area contributed by atoms with Crippen LogP contribution in [-0.2, 0) is 9.15 Å². The molecule has 12 heavy (non-hydrogen) atoms. The number of hydrogen-bond acceptors (Lipinski definition) is 4. The van der Waals surface area contributed by atoms with Gasteiger partial charge in [0, 0.05) is 10.8 Å². The zero-order valence-corrected chi connectivity index (χ0v) is 8.70. The summed E-state index contributed by atoms with van der Waals surface area (Å²) in [4.78, 5) is 0. The van der Waals surface area contributed by atoms with Crippen molar-refractivity contribution in [3.63, 3.8) is 0 Å². The van der Waals surface area contributed by atoms with E-state index in [2.05, 4.69) is 6.92 Å². The number of rotatable bonds is 6. The standard InChI is InChI=1S/C6H15NO3S2/c1-2-3-4-5-6(7)11-12(8,9)10/h6H,2-5,7H2,1H3,(H,8,9,10). The number of nitrogens with two attached hydrogens (primary N) is 1. The lowest BCUT2D eigenvalue weighted by molar-refractivity contribution is 0.502. The van der Waals surface area contributed by atoms with Gasteiger partial charge in [0.25, 0.3) is 0 Å². The summed E-state index contributed by atoms with van der Waals surface area (Å²) in [7, 11) is -3.56. The van der Waals surface area contributed by atoms with E-state index in [0.29, 0.717) is 17.2 Å². The Balaban J connectivity index is 3.53. The monoisotopic (exact) mass is 213 g/mol. The molecule has 0 aliphatic carbocycles. The van der Waals surface area contributed by atoms with Crippen LogP contribution in [0.1, 0.15) is 32.6 Å². The van der Waals surface area contributed by atoms with Crippen LogP contribution in [-0.4, -0.2) is 18.3 Å². The van der Waals surface area contributed by atoms with Gasteiger partial charge >= 0.3 is 9.15 Å². The molecule has 0 saturated carbocycles. The van der Waals surface area contributed by atoms with Gasteiger partial charge in [-0.2, -0.15) is 8.42 Å². The SMILES string of the molecule is CCCCCC(N)SS(=O)(=O)O. The van der Waals surface area contributed by atoms with E-state index in [1.165, 1.54) is 0 Å². The molecule has 0 aromatic rings. The predicted molar refractivity (Wildman–Crippen MR) is 51.3 cm³/mol. The van der Waals surface area contributed by atoms with E-state index in [1.807, 2.05) is 0 Å². The van der Waals surface area contributed by atoms with Crippen molar-refractivity contribution in [1.82, 2.24) is 0 Å². The Kier molecular flexibility index (Phi) is 5.90. The second kappa shape index (κ2) is 5.80. The largest absolute Gasteiger partial charge is 0.321 e. The maximum Gasteiger partial charge on any atom is 0.321 e. The molecule has 6 heteroatoms. The third-order valence-electron chi connectivity index (χ3n) is 1.34. The number of hydrogen-bond donors (Lipinski definition) is 2. The molecule has 0 rings (SSSR count). The molecule has 0 spiro atoms. The third kappa shape index (κ3) is 8.32. The Hall–Kier alpha value is 0.220. The molecule has 0 radical (unpaired) electrons. The maximum absolute atomic E-state index is 10.3. The van der Waals surface area contributed by atoms with E-state index in [4.69, 9.17) is 10.3 Å². The van der Waals surface area contributed by atoms with Crippen LogP contribution in [0.2, 0.25) is 0 Å². The van der Waals surface area contributed by atoms with Gasteiger partial charge in [-0.3, -0.25) is 4.55 Å². The smallest absolute Gasteiger partial charge is 0.318 e. The number of unbranched alkanes of at least 4 members (excludes halogenated alkanes) is 2. The van der Waals surface area contributed by atoms with Crippen LogP contribution in [0.3, 0.4) is 0 Å². The summed E-state index contributed by atoms with van der Waals surface area (Å²) >= 11 is 0. The van der Waals surface area contributed by atoms with Gasteiger partial charge in [-0.05, 0) is 6.42 Å². The Morgan fingerprint density at radius 3 is 2.50 bits per heavy atom. The molecule has 1 atom stereocenters. The first kappa shape index (κ1) is 12.2. The highest BCUT2D eigenvalue weighted by molar-refractivity contribution is 8.70. The lowest BCUT2D eigenvalue weighted by Gasteiger charge is -2.06. The average molecular weight is 213 g/mol. The highest BCUT2D eigenvalue weighted by atomic mass is 33.1. The molecule has 0 aliphatic heterocycles. The summed E-state index contributed by atoms with van der Waals surface area (Å²) < 4.78 is 29.0. The zero-order valence-electron chi connectivity index (χ0n) is 7.06. The van der Waals surface area contributed by atoms with Gasteiger partial charge in [0.05, 0.1) is 5.37 Å². The highest BCUT2D eigenvalue weighted by Crippen LogP contribution is 2.18. The fourth-order valence-corrected chi connectivity index (χ4v) is 2.60. The van der Waals surface area contributed by atoms with E-state index in [-0.39, 0.29) is 0 Å². The second-order valence-electron chi connectivity index (χ2n) is 2.56. The van der Waals surface area contributed by atoms with E-state index >= 15 is 0 Å². The molecule has 0 bridgehead atoms. The van der Waals surface area contributed by atoms with Crippen LogP contribution in [0.15, 0.2) is 0 Å². The van der Waals surface area contributed by atoms with Crippen molar-refractivity contribution in [2.75, 3.05) is 0 Å². The second-order valence-corrected chi connectivity index (χ2v) is 6.05. The highest BCUT2D eigenvalue weighted by Gasteiger charge is 2.12. The van der Waals surface area contributed by atoms with Crippen LogP contribution in [0, 0.1) is 0 Å². The molecule has 0 fully saturated rings. The first-order valence-electron chi connectivity index (χ1n) is 3.87. The summed E-state index contributed by atoms with van der Waals surface area (Å²) in [5.41, 5.74) is 5.42. The first-order valence-corrected chi connectivity index (χ1v) is 6.70. The molecule has 0 saturated heterocycles. The van der Waals surface area contributed by atoms with Gasteiger partial charge in [0.1, 0.15) is 0 Å². The molecular weight excluding hydrogens is 198 g/mol. The molecule has 0 amide bonds. The van der Waals surface area contributed by atoms with Crippen molar-refractivity contribution >= 4 is 19.9 Å². The molecule has 0 aromatic carbocycles.